The fourth-order valence-electron chi connectivity index (χ4n) is 0.685. The van der Waals surface area contributed by atoms with Gasteiger partial charge in [0.1, 0.15) is 6.04 Å². The zero-order valence-electron chi connectivity index (χ0n) is 7.19. The van der Waals surface area contributed by atoms with Crippen molar-refractivity contribution in [2.24, 2.45) is 0 Å². The first-order valence-electron chi connectivity index (χ1n) is 3.85. The molecule has 13 heavy (non-hydrogen) atoms. The highest BCUT2D eigenvalue weighted by atomic mass is 16.4. The monoisotopic (exact) mass is 187 g/mol. The molecule has 0 unspecified atom stereocenters. The Morgan fingerprint density at radius 3 is 2.54 bits per heavy atom. The normalized spacial score (nSPS) is 11.8. The number of carboxylic acids is 1. The first-order chi connectivity index (χ1) is 6.11. The van der Waals surface area contributed by atoms with E-state index in [2.05, 4.69) is 11.9 Å². The van der Waals surface area contributed by atoms with Gasteiger partial charge >= 0.3 is 5.97 Å². The number of carbonyl (C=O) groups excluding carboxylic acids is 1. The van der Waals surface area contributed by atoms with Crippen LogP contribution in [0.4, 0.5) is 0 Å². The fraction of sp³-hybridized carbons (Fsp3) is 0.500. The van der Waals surface area contributed by atoms with Crippen LogP contribution in [0.15, 0.2) is 12.7 Å². The first kappa shape index (κ1) is 11.6. The van der Waals surface area contributed by atoms with Crippen LogP contribution in [-0.4, -0.2) is 34.7 Å². The Hall–Kier alpha value is -1.36. The van der Waals surface area contributed by atoms with E-state index >= 15 is 0 Å². The molecule has 0 aliphatic carbocycles. The van der Waals surface area contributed by atoms with Crippen LogP contribution < -0.4 is 5.32 Å². The third kappa shape index (κ3) is 4.97. The molecule has 0 aliphatic heterocycles. The highest BCUT2D eigenvalue weighted by Crippen LogP contribution is 1.91. The second-order valence-electron chi connectivity index (χ2n) is 2.47. The molecule has 0 aromatic rings. The number of hydrogen-bond donors (Lipinski definition) is 3. The molecule has 5 heteroatoms. The largest absolute Gasteiger partial charge is 0.480 e. The van der Waals surface area contributed by atoms with Gasteiger partial charge in [0.05, 0.1) is 6.61 Å². The summed E-state index contributed by atoms with van der Waals surface area (Å²) in [6.07, 6.45) is 2.24. The summed E-state index contributed by atoms with van der Waals surface area (Å²) in [4.78, 5) is 21.3. The summed E-state index contributed by atoms with van der Waals surface area (Å²) < 4.78 is 0. The molecule has 0 saturated carbocycles. The molecule has 0 radical (unpaired) electrons. The van der Waals surface area contributed by atoms with Gasteiger partial charge in [0.2, 0.25) is 5.91 Å². The molecule has 1 amide bonds. The van der Waals surface area contributed by atoms with Crippen LogP contribution in [0, 0.1) is 0 Å². The second-order valence-corrected chi connectivity index (χ2v) is 2.47. The number of carbonyl (C=O) groups is 2. The minimum Gasteiger partial charge on any atom is -0.480 e. The Morgan fingerprint density at radius 2 is 2.15 bits per heavy atom. The van der Waals surface area contributed by atoms with Crippen molar-refractivity contribution >= 4 is 11.9 Å². The summed E-state index contributed by atoms with van der Waals surface area (Å²) in [5.41, 5.74) is 0. The van der Waals surface area contributed by atoms with Gasteiger partial charge in [-0.1, -0.05) is 6.08 Å². The summed E-state index contributed by atoms with van der Waals surface area (Å²) >= 11 is 0. The maximum Gasteiger partial charge on any atom is 0.328 e. The summed E-state index contributed by atoms with van der Waals surface area (Å²) in [6, 6.07) is -1.21. The van der Waals surface area contributed by atoms with Crippen LogP contribution in [0.2, 0.25) is 0 Å². The number of rotatable bonds is 6. The lowest BCUT2D eigenvalue weighted by Gasteiger charge is -2.10. The number of hydrogen-bond acceptors (Lipinski definition) is 3. The quantitative estimate of drug-likeness (QED) is 0.490. The van der Waals surface area contributed by atoms with Gasteiger partial charge in [-0.3, -0.25) is 4.79 Å². The zero-order valence-corrected chi connectivity index (χ0v) is 7.19. The Kier molecular flexibility index (Phi) is 5.54. The Labute approximate surface area is 76.1 Å². The van der Waals surface area contributed by atoms with E-state index in [0.29, 0.717) is 6.42 Å². The summed E-state index contributed by atoms with van der Waals surface area (Å²) in [5.74, 6) is -1.64. The lowest BCUT2D eigenvalue weighted by Crippen LogP contribution is -2.43. The van der Waals surface area contributed by atoms with Gasteiger partial charge < -0.3 is 15.5 Å². The minimum atomic E-state index is -1.24. The van der Waals surface area contributed by atoms with E-state index in [4.69, 9.17) is 10.2 Å². The first-order valence-corrected chi connectivity index (χ1v) is 3.85. The molecule has 5 nitrogen and oxygen atoms in total. The van der Waals surface area contributed by atoms with Crippen LogP contribution in [0.25, 0.3) is 0 Å². The predicted molar refractivity (Wildman–Crippen MR) is 46.1 cm³/mol. The van der Waals surface area contributed by atoms with Gasteiger partial charge in [0.15, 0.2) is 0 Å². The number of amides is 1. The van der Waals surface area contributed by atoms with Crippen LogP contribution in [-0.2, 0) is 9.59 Å². The summed E-state index contributed by atoms with van der Waals surface area (Å²) in [7, 11) is 0. The molecule has 3 N–H and O–H groups in total. The van der Waals surface area contributed by atoms with Crippen LogP contribution >= 0.6 is 0 Å². The molecule has 1 atom stereocenters. The topological polar surface area (TPSA) is 86.6 Å². The van der Waals surface area contributed by atoms with E-state index in [0.717, 1.165) is 0 Å². The number of aliphatic carboxylic acids is 1. The average molecular weight is 187 g/mol. The molecule has 74 valence electrons. The molecule has 0 aromatic heterocycles. The standard InChI is InChI=1S/C8H13NO4/c1-2-3-4-7(11)9-6(5-10)8(12)13/h2,6,10H,1,3-5H2,(H,9,11)(H,12,13)/t6-/m0/s1. The van der Waals surface area contributed by atoms with Crippen LogP contribution in [0.3, 0.4) is 0 Å². The van der Waals surface area contributed by atoms with E-state index < -0.39 is 24.5 Å². The van der Waals surface area contributed by atoms with Crippen molar-refractivity contribution in [3.63, 3.8) is 0 Å². The highest BCUT2D eigenvalue weighted by Gasteiger charge is 2.17. The van der Waals surface area contributed by atoms with E-state index in [-0.39, 0.29) is 6.42 Å². The summed E-state index contributed by atoms with van der Waals surface area (Å²) in [6.45, 7) is 2.82. The molecule has 0 aromatic carbocycles. The number of aliphatic hydroxyl groups excluding tert-OH is 1. The van der Waals surface area contributed by atoms with Crippen molar-refractivity contribution in [2.45, 2.75) is 18.9 Å². The van der Waals surface area contributed by atoms with Crippen LogP contribution in [0.1, 0.15) is 12.8 Å². The Morgan fingerprint density at radius 1 is 1.54 bits per heavy atom. The van der Waals surface area contributed by atoms with Crippen molar-refractivity contribution in [2.75, 3.05) is 6.61 Å². The molecule has 0 heterocycles. The molecular weight excluding hydrogens is 174 g/mol. The minimum absolute atomic E-state index is 0.188. The van der Waals surface area contributed by atoms with E-state index in [9.17, 15) is 9.59 Å². The van der Waals surface area contributed by atoms with Gasteiger partial charge in [-0.25, -0.2) is 4.79 Å². The van der Waals surface area contributed by atoms with Gasteiger partial charge in [-0.15, -0.1) is 6.58 Å². The third-order valence-corrected chi connectivity index (χ3v) is 1.39. The van der Waals surface area contributed by atoms with Gasteiger partial charge in [0, 0.05) is 6.42 Å². The molecule has 0 fully saturated rings. The Balaban J connectivity index is 3.86. The highest BCUT2D eigenvalue weighted by molar-refractivity contribution is 5.83. The lowest BCUT2D eigenvalue weighted by atomic mass is 10.2. The Bertz CT molecular complexity index is 202. The number of carboxylic acid groups (broad SMARTS) is 1. The van der Waals surface area contributed by atoms with Gasteiger partial charge in [-0.05, 0) is 6.42 Å². The van der Waals surface area contributed by atoms with E-state index in [1.807, 2.05) is 0 Å². The SMILES string of the molecule is C=CCCC(=O)N[C@@H](CO)C(=O)O. The predicted octanol–water partition coefficient (Wildman–Crippen LogP) is -0.486. The molecule has 0 saturated heterocycles. The fourth-order valence-corrected chi connectivity index (χ4v) is 0.685. The number of allylic oxidation sites excluding steroid dienone is 1. The van der Waals surface area contributed by atoms with Crippen molar-refractivity contribution in [3.8, 4) is 0 Å². The average Bonchev–Trinajstić information content (AvgIpc) is 2.10. The smallest absolute Gasteiger partial charge is 0.328 e. The van der Waals surface area contributed by atoms with Gasteiger partial charge in [0.25, 0.3) is 0 Å². The maximum absolute atomic E-state index is 10.9. The zero-order chi connectivity index (χ0) is 10.3. The van der Waals surface area contributed by atoms with Crippen molar-refractivity contribution in [1.29, 1.82) is 0 Å². The number of nitrogens with one attached hydrogen (secondary N) is 1. The third-order valence-electron chi connectivity index (χ3n) is 1.39. The summed E-state index contributed by atoms with van der Waals surface area (Å²) in [5, 5.41) is 19.2. The molecule has 0 spiro atoms. The molecule has 0 rings (SSSR count). The molecular formula is C8H13NO4. The van der Waals surface area contributed by atoms with Crippen LogP contribution in [0.5, 0.6) is 0 Å². The molecule has 0 bridgehead atoms. The second kappa shape index (κ2) is 6.19. The van der Waals surface area contributed by atoms with Gasteiger partial charge in [-0.2, -0.15) is 0 Å². The van der Waals surface area contributed by atoms with Crippen molar-refractivity contribution in [1.82, 2.24) is 5.32 Å². The van der Waals surface area contributed by atoms with E-state index in [1.165, 1.54) is 0 Å². The van der Waals surface area contributed by atoms with Crippen molar-refractivity contribution in [3.05, 3.63) is 12.7 Å². The molecule has 0 aliphatic rings. The maximum atomic E-state index is 10.9. The van der Waals surface area contributed by atoms with Crippen molar-refractivity contribution < 1.29 is 19.8 Å². The lowest BCUT2D eigenvalue weighted by molar-refractivity contribution is -0.142. The van der Waals surface area contributed by atoms with E-state index in [1.54, 1.807) is 6.08 Å². The number of aliphatic hydroxyl groups is 1.